The average molecular weight is 377 g/mol. The Morgan fingerprint density at radius 2 is 2.35 bits per heavy atom. The number of aryl methyl sites for hydroxylation is 2. The number of aromatic nitrogens is 3. The molecule has 3 rings (SSSR count). The molecule has 26 heavy (non-hydrogen) atoms. The summed E-state index contributed by atoms with van der Waals surface area (Å²) in [6.07, 6.45) is 1.30. The van der Waals surface area contributed by atoms with Crippen LogP contribution < -0.4 is 10.6 Å². The van der Waals surface area contributed by atoms with Crippen molar-refractivity contribution in [2.24, 2.45) is 4.99 Å². The number of rotatable bonds is 5. The van der Waals surface area contributed by atoms with Crippen LogP contribution in [0.2, 0.25) is 5.02 Å². The first-order valence-corrected chi connectivity index (χ1v) is 9.34. The van der Waals surface area contributed by atoms with Crippen LogP contribution in [0.15, 0.2) is 29.3 Å². The van der Waals surface area contributed by atoms with Crippen molar-refractivity contribution in [3.63, 3.8) is 0 Å². The van der Waals surface area contributed by atoms with Crippen LogP contribution in [0, 0.1) is 6.92 Å². The summed E-state index contributed by atoms with van der Waals surface area (Å²) in [6, 6.07) is 7.28. The average Bonchev–Trinajstić information content (AvgIpc) is 3.01. The molecule has 0 radical (unpaired) electrons. The number of aliphatic hydroxyl groups excluding tert-OH is 1. The normalized spacial score (nSPS) is 18.3. The maximum absolute atomic E-state index is 10.4. The van der Waals surface area contributed by atoms with Gasteiger partial charge in [0, 0.05) is 18.1 Å². The number of aliphatic hydroxyl groups is 1. The molecule has 7 nitrogen and oxygen atoms in total. The zero-order chi connectivity index (χ0) is 18.5. The number of nitrogens with one attached hydrogen (secondary N) is 2. The lowest BCUT2D eigenvalue weighted by Crippen LogP contribution is -2.41. The summed E-state index contributed by atoms with van der Waals surface area (Å²) in [6.45, 7) is 5.79. The molecule has 1 aliphatic rings. The predicted molar refractivity (Wildman–Crippen MR) is 102 cm³/mol. The van der Waals surface area contributed by atoms with Gasteiger partial charge in [0.25, 0.3) is 0 Å². The predicted octanol–water partition coefficient (Wildman–Crippen LogP) is 2.36. The van der Waals surface area contributed by atoms with Crippen LogP contribution in [0.1, 0.15) is 49.1 Å². The van der Waals surface area contributed by atoms with Crippen molar-refractivity contribution >= 4 is 17.6 Å². The molecule has 0 spiro atoms. The largest absolute Gasteiger partial charge is 0.386 e. The maximum atomic E-state index is 10.4. The van der Waals surface area contributed by atoms with Gasteiger partial charge in [-0.1, -0.05) is 23.7 Å². The van der Waals surface area contributed by atoms with E-state index >= 15 is 0 Å². The van der Waals surface area contributed by atoms with Crippen molar-refractivity contribution in [3.8, 4) is 0 Å². The van der Waals surface area contributed by atoms with Gasteiger partial charge < -0.3 is 15.7 Å². The maximum Gasteiger partial charge on any atom is 0.191 e. The third-order valence-corrected chi connectivity index (χ3v) is 4.53. The number of aliphatic imine (C=N–C) groups is 1. The molecule has 2 aromatic rings. The summed E-state index contributed by atoms with van der Waals surface area (Å²) in [7, 11) is 0. The molecular weight excluding hydrogens is 352 g/mol. The molecule has 0 aliphatic carbocycles. The van der Waals surface area contributed by atoms with Gasteiger partial charge in [0.05, 0.1) is 18.7 Å². The van der Waals surface area contributed by atoms with Gasteiger partial charge in [0.15, 0.2) is 5.96 Å². The standard InChI is InChI=1S/C18H25ClN6O/c1-3-20-18(21-11-16(26)13-6-4-7-14(19)10-13)23-15-8-5-9-25-17(15)22-12(2)24-25/h4,6-7,10,15-16,26H,3,5,8-9,11H2,1-2H3,(H2,20,21,23). The van der Waals surface area contributed by atoms with Crippen molar-refractivity contribution in [2.45, 2.75) is 45.4 Å². The Labute approximate surface area is 158 Å². The van der Waals surface area contributed by atoms with E-state index in [1.807, 2.05) is 30.7 Å². The summed E-state index contributed by atoms with van der Waals surface area (Å²) >= 11 is 5.99. The SMILES string of the molecule is CCNC(=NCC(O)c1cccc(Cl)c1)NC1CCCn2nc(C)nc21. The number of hydrogen-bond acceptors (Lipinski definition) is 4. The minimum Gasteiger partial charge on any atom is -0.386 e. The van der Waals surface area contributed by atoms with Crippen molar-refractivity contribution in [3.05, 3.63) is 46.5 Å². The van der Waals surface area contributed by atoms with E-state index in [9.17, 15) is 5.11 Å². The second-order valence-electron chi connectivity index (χ2n) is 6.37. The zero-order valence-corrected chi connectivity index (χ0v) is 15.9. The van der Waals surface area contributed by atoms with Gasteiger partial charge in [-0.05, 0) is 44.4 Å². The Kier molecular flexibility index (Phi) is 6.11. The first-order chi connectivity index (χ1) is 12.6. The van der Waals surface area contributed by atoms with Gasteiger partial charge >= 0.3 is 0 Å². The van der Waals surface area contributed by atoms with Crippen LogP contribution in [-0.4, -0.2) is 38.9 Å². The van der Waals surface area contributed by atoms with Crippen LogP contribution in [0.5, 0.6) is 0 Å². The van der Waals surface area contributed by atoms with Crippen molar-refractivity contribution in [1.29, 1.82) is 0 Å². The Morgan fingerprint density at radius 1 is 1.50 bits per heavy atom. The molecular formula is C18H25ClN6O. The van der Waals surface area contributed by atoms with Gasteiger partial charge in [-0.2, -0.15) is 5.10 Å². The fraction of sp³-hybridized carbons (Fsp3) is 0.500. The molecule has 1 aromatic carbocycles. The molecule has 2 unspecified atom stereocenters. The van der Waals surface area contributed by atoms with Gasteiger partial charge in [0.2, 0.25) is 0 Å². The van der Waals surface area contributed by atoms with Crippen LogP contribution in [0.4, 0.5) is 0 Å². The highest BCUT2D eigenvalue weighted by Gasteiger charge is 2.24. The highest BCUT2D eigenvalue weighted by molar-refractivity contribution is 6.30. The lowest BCUT2D eigenvalue weighted by Gasteiger charge is -2.25. The number of guanidine groups is 1. The lowest BCUT2D eigenvalue weighted by molar-refractivity contribution is 0.187. The zero-order valence-electron chi connectivity index (χ0n) is 15.1. The Hall–Kier alpha value is -2.12. The molecule has 1 aliphatic heterocycles. The second kappa shape index (κ2) is 8.51. The number of fused-ring (bicyclic) bond motifs is 1. The highest BCUT2D eigenvalue weighted by Crippen LogP contribution is 2.23. The third-order valence-electron chi connectivity index (χ3n) is 4.29. The fourth-order valence-electron chi connectivity index (χ4n) is 3.09. The minimum atomic E-state index is -0.707. The monoisotopic (exact) mass is 376 g/mol. The van der Waals surface area contributed by atoms with Crippen LogP contribution in [0.25, 0.3) is 0 Å². The minimum absolute atomic E-state index is 0.0612. The number of benzene rings is 1. The molecule has 0 bridgehead atoms. The molecule has 2 heterocycles. The first-order valence-electron chi connectivity index (χ1n) is 8.96. The van der Waals surface area contributed by atoms with E-state index in [1.165, 1.54) is 0 Å². The summed E-state index contributed by atoms with van der Waals surface area (Å²) in [5, 5.41) is 22.1. The molecule has 0 saturated carbocycles. The molecule has 0 fully saturated rings. The molecule has 1 aromatic heterocycles. The molecule has 140 valence electrons. The van der Waals surface area contributed by atoms with E-state index < -0.39 is 6.10 Å². The Bertz CT molecular complexity index is 775. The Balaban J connectivity index is 1.70. The van der Waals surface area contributed by atoms with E-state index in [1.54, 1.807) is 12.1 Å². The number of halogens is 1. The van der Waals surface area contributed by atoms with Crippen LogP contribution >= 0.6 is 11.6 Å². The van der Waals surface area contributed by atoms with E-state index in [-0.39, 0.29) is 12.6 Å². The molecule has 0 amide bonds. The van der Waals surface area contributed by atoms with Gasteiger partial charge in [0.1, 0.15) is 11.6 Å². The lowest BCUT2D eigenvalue weighted by atomic mass is 10.1. The molecule has 8 heteroatoms. The smallest absolute Gasteiger partial charge is 0.191 e. The summed E-state index contributed by atoms with van der Waals surface area (Å²) in [5.41, 5.74) is 0.755. The van der Waals surface area contributed by atoms with Crippen LogP contribution in [0.3, 0.4) is 0 Å². The van der Waals surface area contributed by atoms with Gasteiger partial charge in [-0.15, -0.1) is 0 Å². The van der Waals surface area contributed by atoms with E-state index in [4.69, 9.17) is 11.6 Å². The van der Waals surface area contributed by atoms with E-state index in [0.717, 1.165) is 43.1 Å². The summed E-state index contributed by atoms with van der Waals surface area (Å²) in [4.78, 5) is 9.08. The Morgan fingerprint density at radius 3 is 3.12 bits per heavy atom. The number of hydrogen-bond donors (Lipinski definition) is 3. The first kappa shape index (κ1) is 18.7. The highest BCUT2D eigenvalue weighted by atomic mass is 35.5. The van der Waals surface area contributed by atoms with Gasteiger partial charge in [-0.25, -0.2) is 9.67 Å². The molecule has 2 atom stereocenters. The summed E-state index contributed by atoms with van der Waals surface area (Å²) in [5.74, 6) is 2.38. The molecule has 0 saturated heterocycles. The summed E-state index contributed by atoms with van der Waals surface area (Å²) < 4.78 is 1.96. The topological polar surface area (TPSA) is 87.4 Å². The fourth-order valence-corrected chi connectivity index (χ4v) is 3.29. The van der Waals surface area contributed by atoms with E-state index in [2.05, 4.69) is 25.7 Å². The molecule has 3 N–H and O–H groups in total. The quantitative estimate of drug-likeness (QED) is 0.550. The van der Waals surface area contributed by atoms with Crippen LogP contribution in [-0.2, 0) is 6.54 Å². The van der Waals surface area contributed by atoms with E-state index in [0.29, 0.717) is 11.0 Å². The second-order valence-corrected chi connectivity index (χ2v) is 6.81. The third kappa shape index (κ3) is 4.53. The van der Waals surface area contributed by atoms with Crippen molar-refractivity contribution in [2.75, 3.05) is 13.1 Å². The van der Waals surface area contributed by atoms with Crippen molar-refractivity contribution < 1.29 is 5.11 Å². The van der Waals surface area contributed by atoms with Crippen molar-refractivity contribution in [1.82, 2.24) is 25.4 Å². The number of nitrogens with zero attached hydrogens (tertiary/aromatic N) is 4. The van der Waals surface area contributed by atoms with Gasteiger partial charge in [-0.3, -0.25) is 4.99 Å².